The van der Waals surface area contributed by atoms with Gasteiger partial charge >= 0.3 is 0 Å². The molecule has 0 bridgehead atoms. The minimum atomic E-state index is -2.14. The summed E-state index contributed by atoms with van der Waals surface area (Å²) in [5.74, 6) is 0.705. The minimum absolute atomic E-state index is 0.366. The standard InChI is InChI=1S/C8H8O3S/c9-12(10)8-4-5-11-7-3-1-2-6(7)8/h3-5H,1-2H2,(H,9,10)/p-1. The van der Waals surface area contributed by atoms with Gasteiger partial charge in [-0.3, -0.25) is 4.21 Å². The molecule has 0 aromatic rings. The molecule has 0 N–H and O–H groups in total. The van der Waals surface area contributed by atoms with Crippen molar-refractivity contribution in [1.82, 2.24) is 0 Å². The Kier molecular flexibility index (Phi) is 1.86. The summed E-state index contributed by atoms with van der Waals surface area (Å²) in [5.41, 5.74) is 0.811. The van der Waals surface area contributed by atoms with Gasteiger partial charge in [-0.25, -0.2) is 0 Å². The molecule has 1 atom stereocenters. The Bertz CT molecular complexity index is 325. The van der Waals surface area contributed by atoms with Crippen molar-refractivity contribution in [2.45, 2.75) is 12.8 Å². The number of ether oxygens (including phenoxy) is 1. The number of rotatable bonds is 1. The minimum Gasteiger partial charge on any atom is -0.768 e. The van der Waals surface area contributed by atoms with Gasteiger partial charge in [-0.2, -0.15) is 0 Å². The molecule has 1 unspecified atom stereocenters. The molecule has 2 aliphatic rings. The van der Waals surface area contributed by atoms with Crippen LogP contribution in [0.3, 0.4) is 0 Å². The number of hydrogen-bond acceptors (Lipinski definition) is 3. The average Bonchev–Trinajstić information content (AvgIpc) is 2.49. The lowest BCUT2D eigenvalue weighted by molar-refractivity contribution is 0.358. The molecule has 0 saturated carbocycles. The van der Waals surface area contributed by atoms with Crippen LogP contribution in [0.25, 0.3) is 0 Å². The van der Waals surface area contributed by atoms with E-state index >= 15 is 0 Å². The van der Waals surface area contributed by atoms with Crippen molar-refractivity contribution >= 4 is 11.1 Å². The van der Waals surface area contributed by atoms with Crippen LogP contribution in [-0.4, -0.2) is 8.76 Å². The van der Waals surface area contributed by atoms with E-state index in [0.717, 1.165) is 18.4 Å². The molecule has 0 radical (unpaired) electrons. The molecule has 0 fully saturated rings. The van der Waals surface area contributed by atoms with Gasteiger partial charge in [-0.15, -0.1) is 0 Å². The van der Waals surface area contributed by atoms with Crippen molar-refractivity contribution < 1.29 is 13.5 Å². The SMILES string of the molecule is O=S([O-])C1=C2CCC=C2OC=C1. The number of fused-ring (bicyclic) bond motifs is 1. The van der Waals surface area contributed by atoms with Gasteiger partial charge in [0.25, 0.3) is 0 Å². The zero-order chi connectivity index (χ0) is 8.55. The summed E-state index contributed by atoms with van der Waals surface area (Å²) in [6.45, 7) is 0. The molecule has 1 aliphatic carbocycles. The van der Waals surface area contributed by atoms with Crippen LogP contribution < -0.4 is 0 Å². The number of hydrogen-bond donors (Lipinski definition) is 0. The first kappa shape index (κ1) is 7.76. The van der Waals surface area contributed by atoms with Crippen LogP contribution in [0.2, 0.25) is 0 Å². The number of allylic oxidation sites excluding steroid dienone is 3. The van der Waals surface area contributed by atoms with E-state index in [0.29, 0.717) is 10.7 Å². The second-order valence-corrected chi connectivity index (χ2v) is 3.51. The second-order valence-electron chi connectivity index (χ2n) is 2.61. The van der Waals surface area contributed by atoms with Crippen molar-refractivity contribution in [3.63, 3.8) is 0 Å². The fourth-order valence-electron chi connectivity index (χ4n) is 1.38. The predicted octanol–water partition coefficient (Wildman–Crippen LogP) is 1.34. The lowest BCUT2D eigenvalue weighted by Crippen LogP contribution is -2.01. The highest BCUT2D eigenvalue weighted by Crippen LogP contribution is 2.33. The monoisotopic (exact) mass is 183 g/mol. The molecule has 3 nitrogen and oxygen atoms in total. The van der Waals surface area contributed by atoms with Crippen molar-refractivity contribution in [2.75, 3.05) is 0 Å². The quantitative estimate of drug-likeness (QED) is 0.576. The van der Waals surface area contributed by atoms with Gasteiger partial charge in [-0.05, 0) is 36.1 Å². The molecular formula is C8H7O3S-. The van der Waals surface area contributed by atoms with E-state index in [4.69, 9.17) is 4.74 Å². The summed E-state index contributed by atoms with van der Waals surface area (Å²) in [7, 11) is 0. The highest BCUT2D eigenvalue weighted by molar-refractivity contribution is 7.83. The zero-order valence-electron chi connectivity index (χ0n) is 6.28. The van der Waals surface area contributed by atoms with Gasteiger partial charge in [0.15, 0.2) is 0 Å². The van der Waals surface area contributed by atoms with Crippen LogP contribution in [-0.2, 0) is 15.8 Å². The Balaban J connectivity index is 2.47. The molecular weight excluding hydrogens is 176 g/mol. The molecule has 1 heterocycles. The predicted molar refractivity (Wildman–Crippen MR) is 43.5 cm³/mol. The fraction of sp³-hybridized carbons (Fsp3) is 0.250. The van der Waals surface area contributed by atoms with Crippen LogP contribution in [0.5, 0.6) is 0 Å². The summed E-state index contributed by atoms with van der Waals surface area (Å²) in [6, 6.07) is 0. The second kappa shape index (κ2) is 2.88. The third-order valence-electron chi connectivity index (χ3n) is 1.91. The van der Waals surface area contributed by atoms with E-state index in [1.807, 2.05) is 6.08 Å². The maximum absolute atomic E-state index is 10.7. The third kappa shape index (κ3) is 1.13. The van der Waals surface area contributed by atoms with E-state index in [9.17, 15) is 8.76 Å². The lowest BCUT2D eigenvalue weighted by atomic mass is 10.2. The molecule has 12 heavy (non-hydrogen) atoms. The summed E-state index contributed by atoms with van der Waals surface area (Å²) >= 11 is -2.14. The van der Waals surface area contributed by atoms with Crippen LogP contribution in [0.4, 0.5) is 0 Å². The molecule has 4 heteroatoms. The maximum atomic E-state index is 10.7. The smallest absolute Gasteiger partial charge is 0.126 e. The first-order valence-electron chi connectivity index (χ1n) is 3.65. The first-order chi connectivity index (χ1) is 5.79. The molecule has 0 saturated heterocycles. The topological polar surface area (TPSA) is 49.4 Å². The maximum Gasteiger partial charge on any atom is 0.126 e. The molecule has 2 rings (SSSR count). The highest BCUT2D eigenvalue weighted by Gasteiger charge is 2.19. The molecule has 0 aromatic heterocycles. The summed E-state index contributed by atoms with van der Waals surface area (Å²) in [6.07, 6.45) is 6.44. The van der Waals surface area contributed by atoms with Gasteiger partial charge in [0.05, 0.1) is 6.26 Å². The zero-order valence-corrected chi connectivity index (χ0v) is 7.10. The van der Waals surface area contributed by atoms with Crippen molar-refractivity contribution in [3.05, 3.63) is 34.7 Å². The van der Waals surface area contributed by atoms with Gasteiger partial charge in [0.1, 0.15) is 5.76 Å². The third-order valence-corrected chi connectivity index (χ3v) is 2.65. The lowest BCUT2D eigenvalue weighted by Gasteiger charge is -2.16. The van der Waals surface area contributed by atoms with Crippen LogP contribution in [0, 0.1) is 0 Å². The summed E-state index contributed by atoms with van der Waals surface area (Å²) in [4.78, 5) is 0.366. The normalized spacial score (nSPS) is 23.2. The molecule has 0 aromatic carbocycles. The van der Waals surface area contributed by atoms with E-state index in [1.54, 1.807) is 0 Å². The average molecular weight is 183 g/mol. The Labute approximate surface area is 72.7 Å². The van der Waals surface area contributed by atoms with E-state index in [2.05, 4.69) is 0 Å². The van der Waals surface area contributed by atoms with E-state index in [1.165, 1.54) is 12.3 Å². The first-order valence-corrected chi connectivity index (χ1v) is 4.72. The Morgan fingerprint density at radius 1 is 1.58 bits per heavy atom. The Morgan fingerprint density at radius 3 is 3.17 bits per heavy atom. The van der Waals surface area contributed by atoms with Crippen molar-refractivity contribution in [2.24, 2.45) is 0 Å². The van der Waals surface area contributed by atoms with Crippen LogP contribution in [0.15, 0.2) is 34.7 Å². The fourth-order valence-corrected chi connectivity index (χ4v) is 1.95. The molecule has 0 amide bonds. The molecule has 1 aliphatic heterocycles. The van der Waals surface area contributed by atoms with Crippen LogP contribution in [0.1, 0.15) is 12.8 Å². The highest BCUT2D eigenvalue weighted by atomic mass is 32.2. The molecule has 0 spiro atoms. The van der Waals surface area contributed by atoms with Gasteiger partial charge in [0, 0.05) is 10.5 Å². The van der Waals surface area contributed by atoms with Crippen molar-refractivity contribution in [1.29, 1.82) is 0 Å². The molecule has 64 valence electrons. The van der Waals surface area contributed by atoms with E-state index in [-0.39, 0.29) is 0 Å². The van der Waals surface area contributed by atoms with E-state index < -0.39 is 11.1 Å². The van der Waals surface area contributed by atoms with Gasteiger partial charge < -0.3 is 9.29 Å². The summed E-state index contributed by atoms with van der Waals surface area (Å²) < 4.78 is 26.5. The Hall–Kier alpha value is -0.870. The summed E-state index contributed by atoms with van der Waals surface area (Å²) in [5, 5.41) is 0. The van der Waals surface area contributed by atoms with Crippen LogP contribution >= 0.6 is 0 Å². The van der Waals surface area contributed by atoms with Gasteiger partial charge in [0.2, 0.25) is 0 Å². The largest absolute Gasteiger partial charge is 0.768 e. The Morgan fingerprint density at radius 2 is 2.42 bits per heavy atom. The van der Waals surface area contributed by atoms with Gasteiger partial charge in [-0.1, -0.05) is 0 Å². The van der Waals surface area contributed by atoms with Crippen molar-refractivity contribution in [3.8, 4) is 0 Å².